The van der Waals surface area contributed by atoms with Crippen molar-refractivity contribution in [1.29, 1.82) is 0 Å². The summed E-state index contributed by atoms with van der Waals surface area (Å²) >= 11 is 6.24. The fourth-order valence-electron chi connectivity index (χ4n) is 3.50. The molecule has 0 bridgehead atoms. The van der Waals surface area contributed by atoms with Gasteiger partial charge in [0.15, 0.2) is 0 Å². The van der Waals surface area contributed by atoms with E-state index in [2.05, 4.69) is 25.5 Å². The molecule has 162 valence electrons. The Morgan fingerprint density at radius 2 is 1.71 bits per heavy atom. The Labute approximate surface area is 188 Å². The number of ether oxygens (including phenoxy) is 1. The predicted molar refractivity (Wildman–Crippen MR) is 127 cm³/mol. The third-order valence-electron chi connectivity index (χ3n) is 5.39. The SMILES string of the molecule is Cc1ccc(Nc2nc(Nc3ccc(OCCN4CCCC4)cc3)ncc2C)cc1Cl. The molecular weight excluding hydrogens is 410 g/mol. The molecule has 1 saturated heterocycles. The van der Waals surface area contributed by atoms with Crippen molar-refractivity contribution in [3.05, 3.63) is 64.8 Å². The van der Waals surface area contributed by atoms with E-state index >= 15 is 0 Å². The fraction of sp³-hybridized carbons (Fsp3) is 0.333. The summed E-state index contributed by atoms with van der Waals surface area (Å²) in [5.41, 5.74) is 3.78. The number of likely N-dealkylation sites (tertiary alicyclic amines) is 1. The molecule has 0 spiro atoms. The smallest absolute Gasteiger partial charge is 0.229 e. The molecule has 0 atom stereocenters. The Morgan fingerprint density at radius 1 is 0.968 bits per heavy atom. The van der Waals surface area contributed by atoms with E-state index in [1.807, 2.05) is 56.3 Å². The van der Waals surface area contributed by atoms with Gasteiger partial charge in [-0.1, -0.05) is 17.7 Å². The van der Waals surface area contributed by atoms with Crippen LogP contribution in [0.25, 0.3) is 0 Å². The number of rotatable bonds is 8. The summed E-state index contributed by atoms with van der Waals surface area (Å²) in [7, 11) is 0. The fourth-order valence-corrected chi connectivity index (χ4v) is 3.68. The lowest BCUT2D eigenvalue weighted by atomic mass is 10.2. The van der Waals surface area contributed by atoms with E-state index < -0.39 is 0 Å². The lowest BCUT2D eigenvalue weighted by Gasteiger charge is -2.15. The average Bonchev–Trinajstić information content (AvgIpc) is 3.28. The summed E-state index contributed by atoms with van der Waals surface area (Å²) in [6, 6.07) is 13.7. The van der Waals surface area contributed by atoms with Gasteiger partial charge in [0.25, 0.3) is 0 Å². The molecule has 0 saturated carbocycles. The van der Waals surface area contributed by atoms with Crippen molar-refractivity contribution in [1.82, 2.24) is 14.9 Å². The monoisotopic (exact) mass is 437 g/mol. The molecule has 7 heteroatoms. The summed E-state index contributed by atoms with van der Waals surface area (Å²) in [5, 5.41) is 7.30. The molecule has 4 rings (SSSR count). The van der Waals surface area contributed by atoms with Crippen LogP contribution in [0.3, 0.4) is 0 Å². The predicted octanol–water partition coefficient (Wildman–Crippen LogP) is 5.71. The Hall–Kier alpha value is -2.83. The summed E-state index contributed by atoms with van der Waals surface area (Å²) in [4.78, 5) is 11.5. The lowest BCUT2D eigenvalue weighted by molar-refractivity contribution is 0.238. The van der Waals surface area contributed by atoms with Gasteiger partial charge >= 0.3 is 0 Å². The molecule has 0 unspecified atom stereocenters. The van der Waals surface area contributed by atoms with Crippen molar-refractivity contribution in [3.8, 4) is 5.75 Å². The normalized spacial score (nSPS) is 13.9. The number of hydrogen-bond donors (Lipinski definition) is 2. The maximum Gasteiger partial charge on any atom is 0.229 e. The standard InChI is InChI=1S/C24H28ClN5O/c1-17-5-6-20(15-22(17)25)27-23-18(2)16-26-24(29-23)28-19-7-9-21(10-8-19)31-14-13-30-11-3-4-12-30/h5-10,15-16H,3-4,11-14H2,1-2H3,(H2,26,27,28,29). The van der Waals surface area contributed by atoms with Crippen LogP contribution in [0, 0.1) is 13.8 Å². The van der Waals surface area contributed by atoms with Crippen LogP contribution < -0.4 is 15.4 Å². The molecule has 0 radical (unpaired) electrons. The quantitative estimate of drug-likeness (QED) is 0.470. The van der Waals surface area contributed by atoms with Crippen LogP contribution in [0.5, 0.6) is 5.75 Å². The van der Waals surface area contributed by atoms with E-state index in [1.54, 1.807) is 6.20 Å². The first-order chi connectivity index (χ1) is 15.1. The van der Waals surface area contributed by atoms with E-state index in [0.717, 1.165) is 45.6 Å². The number of nitrogens with zero attached hydrogens (tertiary/aromatic N) is 3. The minimum atomic E-state index is 0.522. The summed E-state index contributed by atoms with van der Waals surface area (Å²) in [6.45, 7) is 8.03. The zero-order valence-electron chi connectivity index (χ0n) is 18.0. The maximum absolute atomic E-state index is 6.24. The zero-order valence-corrected chi connectivity index (χ0v) is 18.7. The number of halogens is 1. The first kappa shape index (κ1) is 21.4. The molecule has 1 aliphatic heterocycles. The van der Waals surface area contributed by atoms with Gasteiger partial charge in [-0.2, -0.15) is 4.98 Å². The second kappa shape index (κ2) is 9.98. The number of benzene rings is 2. The zero-order chi connectivity index (χ0) is 21.6. The molecule has 0 aliphatic carbocycles. The Balaban J connectivity index is 1.36. The number of aryl methyl sites for hydroxylation is 2. The topological polar surface area (TPSA) is 62.3 Å². The second-order valence-electron chi connectivity index (χ2n) is 7.86. The van der Waals surface area contributed by atoms with Crippen LogP contribution in [-0.4, -0.2) is 41.1 Å². The first-order valence-corrected chi connectivity index (χ1v) is 11.0. The Bertz CT molecular complexity index is 1020. The van der Waals surface area contributed by atoms with Crippen LogP contribution in [0.4, 0.5) is 23.1 Å². The molecule has 1 fully saturated rings. The highest BCUT2D eigenvalue weighted by Crippen LogP contribution is 2.25. The van der Waals surface area contributed by atoms with Gasteiger partial charge in [0.1, 0.15) is 18.2 Å². The maximum atomic E-state index is 6.24. The number of hydrogen-bond acceptors (Lipinski definition) is 6. The van der Waals surface area contributed by atoms with Gasteiger partial charge in [-0.3, -0.25) is 4.90 Å². The van der Waals surface area contributed by atoms with E-state index in [4.69, 9.17) is 16.3 Å². The minimum absolute atomic E-state index is 0.522. The summed E-state index contributed by atoms with van der Waals surface area (Å²) in [6.07, 6.45) is 4.40. The van der Waals surface area contributed by atoms with Crippen LogP contribution in [0.15, 0.2) is 48.7 Å². The van der Waals surface area contributed by atoms with Gasteiger partial charge in [-0.05, 0) is 81.7 Å². The molecule has 3 aromatic rings. The van der Waals surface area contributed by atoms with Crippen LogP contribution >= 0.6 is 11.6 Å². The molecule has 2 N–H and O–H groups in total. The van der Waals surface area contributed by atoms with Crippen molar-refractivity contribution in [2.45, 2.75) is 26.7 Å². The van der Waals surface area contributed by atoms with Gasteiger partial charge in [0.2, 0.25) is 5.95 Å². The van der Waals surface area contributed by atoms with Crippen LogP contribution in [-0.2, 0) is 0 Å². The van der Waals surface area contributed by atoms with Gasteiger partial charge in [0, 0.05) is 34.7 Å². The van der Waals surface area contributed by atoms with Gasteiger partial charge in [-0.15, -0.1) is 0 Å². The highest BCUT2D eigenvalue weighted by atomic mass is 35.5. The van der Waals surface area contributed by atoms with Crippen molar-refractivity contribution in [2.75, 3.05) is 36.9 Å². The summed E-state index contributed by atoms with van der Waals surface area (Å²) < 4.78 is 5.87. The van der Waals surface area contributed by atoms with E-state index in [0.29, 0.717) is 12.6 Å². The molecule has 0 amide bonds. The van der Waals surface area contributed by atoms with Gasteiger partial charge in [0.05, 0.1) is 0 Å². The van der Waals surface area contributed by atoms with Crippen LogP contribution in [0.1, 0.15) is 24.0 Å². The molecular formula is C24H28ClN5O. The molecule has 1 aliphatic rings. The van der Waals surface area contributed by atoms with E-state index in [9.17, 15) is 0 Å². The van der Waals surface area contributed by atoms with E-state index in [-0.39, 0.29) is 0 Å². The van der Waals surface area contributed by atoms with Crippen molar-refractivity contribution in [2.24, 2.45) is 0 Å². The molecule has 6 nitrogen and oxygen atoms in total. The second-order valence-corrected chi connectivity index (χ2v) is 8.27. The Morgan fingerprint density at radius 3 is 2.45 bits per heavy atom. The largest absolute Gasteiger partial charge is 0.492 e. The van der Waals surface area contributed by atoms with E-state index in [1.165, 1.54) is 25.9 Å². The molecule has 2 aromatic carbocycles. The Kier molecular flexibility index (Phi) is 6.89. The van der Waals surface area contributed by atoms with Gasteiger partial charge < -0.3 is 15.4 Å². The van der Waals surface area contributed by atoms with Crippen molar-refractivity contribution in [3.63, 3.8) is 0 Å². The third-order valence-corrected chi connectivity index (χ3v) is 5.80. The molecule has 2 heterocycles. The first-order valence-electron chi connectivity index (χ1n) is 10.7. The van der Waals surface area contributed by atoms with Crippen molar-refractivity contribution < 1.29 is 4.74 Å². The van der Waals surface area contributed by atoms with Gasteiger partial charge in [-0.25, -0.2) is 4.98 Å². The minimum Gasteiger partial charge on any atom is -0.492 e. The highest BCUT2D eigenvalue weighted by Gasteiger charge is 2.11. The third kappa shape index (κ3) is 5.87. The summed E-state index contributed by atoms with van der Waals surface area (Å²) in [5.74, 6) is 2.13. The number of nitrogens with one attached hydrogen (secondary N) is 2. The molecule has 1 aromatic heterocycles. The number of aromatic nitrogens is 2. The number of anilines is 4. The average molecular weight is 438 g/mol. The lowest BCUT2D eigenvalue weighted by Crippen LogP contribution is -2.25. The molecule has 31 heavy (non-hydrogen) atoms. The highest BCUT2D eigenvalue weighted by molar-refractivity contribution is 6.31. The van der Waals surface area contributed by atoms with Crippen LogP contribution in [0.2, 0.25) is 5.02 Å². The van der Waals surface area contributed by atoms with Crippen molar-refractivity contribution >= 4 is 34.7 Å².